The Hall–Kier alpha value is -4.23. The molecule has 36 heavy (non-hydrogen) atoms. The first-order valence-corrected chi connectivity index (χ1v) is 11.7. The number of nitrogens with zero attached hydrogens (tertiary/aromatic N) is 3. The van der Waals surface area contributed by atoms with Crippen LogP contribution in [0, 0.1) is 20.2 Å². The topological polar surface area (TPSA) is 146 Å². The zero-order valence-electron chi connectivity index (χ0n) is 18.3. The maximum atomic E-state index is 12.4. The number of rotatable bonds is 7. The first kappa shape index (κ1) is 24.9. The van der Waals surface area contributed by atoms with Crippen molar-refractivity contribution in [3.8, 4) is 17.2 Å². The van der Waals surface area contributed by atoms with Crippen molar-refractivity contribution in [2.75, 3.05) is 7.11 Å². The van der Waals surface area contributed by atoms with Crippen molar-refractivity contribution < 1.29 is 24.1 Å². The van der Waals surface area contributed by atoms with Crippen molar-refractivity contribution in [1.29, 1.82) is 0 Å². The van der Waals surface area contributed by atoms with Crippen molar-refractivity contribution >= 4 is 61.9 Å². The number of halogens is 1. The number of methoxy groups -OCH3 is 1. The SMILES string of the molecule is COc1cc(C=C2SC(=Nc3cccc(Br)c3)NC2=O)ccc1Oc1ccc([N+](=O)[O-])cc1[N+](=O)[O-]. The number of nitrogens with one attached hydrogen (secondary N) is 1. The minimum absolute atomic E-state index is 0.150. The van der Waals surface area contributed by atoms with E-state index in [0.29, 0.717) is 21.3 Å². The number of ether oxygens (including phenoxy) is 2. The van der Waals surface area contributed by atoms with Crippen LogP contribution in [0.15, 0.2) is 75.0 Å². The Bertz CT molecular complexity index is 1460. The monoisotopic (exact) mass is 570 g/mol. The second kappa shape index (κ2) is 10.6. The van der Waals surface area contributed by atoms with E-state index in [9.17, 15) is 25.0 Å². The van der Waals surface area contributed by atoms with E-state index in [1.165, 1.54) is 24.9 Å². The molecule has 1 N–H and O–H groups in total. The second-order valence-corrected chi connectivity index (χ2v) is 9.09. The van der Waals surface area contributed by atoms with Gasteiger partial charge < -0.3 is 14.8 Å². The summed E-state index contributed by atoms with van der Waals surface area (Å²) in [6, 6.07) is 15.2. The number of benzene rings is 3. The van der Waals surface area contributed by atoms with Crippen molar-refractivity contribution in [3.63, 3.8) is 0 Å². The van der Waals surface area contributed by atoms with Crippen LogP contribution in [-0.4, -0.2) is 28.0 Å². The number of hydrogen-bond acceptors (Lipinski definition) is 9. The lowest BCUT2D eigenvalue weighted by atomic mass is 10.2. The number of nitro benzene ring substituents is 2. The third-order valence-corrected chi connectivity index (χ3v) is 6.15. The van der Waals surface area contributed by atoms with Gasteiger partial charge in [0.25, 0.3) is 11.6 Å². The molecule has 1 fully saturated rings. The van der Waals surface area contributed by atoms with Crippen LogP contribution in [0.2, 0.25) is 0 Å². The molecule has 0 aromatic heterocycles. The van der Waals surface area contributed by atoms with E-state index in [0.717, 1.165) is 22.7 Å². The predicted molar refractivity (Wildman–Crippen MR) is 138 cm³/mol. The zero-order valence-corrected chi connectivity index (χ0v) is 20.7. The predicted octanol–water partition coefficient (Wildman–Crippen LogP) is 5.96. The van der Waals surface area contributed by atoms with E-state index >= 15 is 0 Å². The number of thioether (sulfide) groups is 1. The first-order chi connectivity index (χ1) is 17.2. The molecule has 1 saturated heterocycles. The van der Waals surface area contributed by atoms with E-state index in [1.54, 1.807) is 18.2 Å². The van der Waals surface area contributed by atoms with Crippen LogP contribution in [0.1, 0.15) is 5.56 Å². The molecule has 0 aliphatic carbocycles. The Morgan fingerprint density at radius 2 is 1.78 bits per heavy atom. The van der Waals surface area contributed by atoms with Gasteiger partial charge in [0.15, 0.2) is 16.7 Å². The van der Waals surface area contributed by atoms with E-state index in [4.69, 9.17) is 9.47 Å². The average molecular weight is 571 g/mol. The van der Waals surface area contributed by atoms with Crippen LogP contribution in [-0.2, 0) is 4.79 Å². The van der Waals surface area contributed by atoms with Gasteiger partial charge in [0.05, 0.1) is 33.6 Å². The number of amides is 1. The molecule has 0 bridgehead atoms. The summed E-state index contributed by atoms with van der Waals surface area (Å²) in [5, 5.41) is 25.5. The number of amidine groups is 1. The van der Waals surface area contributed by atoms with Crippen LogP contribution in [0.25, 0.3) is 6.08 Å². The van der Waals surface area contributed by atoms with Crippen molar-refractivity contribution in [2.45, 2.75) is 0 Å². The Balaban J connectivity index is 1.58. The van der Waals surface area contributed by atoms with Gasteiger partial charge in [-0.1, -0.05) is 28.1 Å². The Morgan fingerprint density at radius 1 is 1.00 bits per heavy atom. The molecule has 0 unspecified atom stereocenters. The molecule has 0 radical (unpaired) electrons. The summed E-state index contributed by atoms with van der Waals surface area (Å²) in [5.41, 5.74) is 0.294. The molecule has 182 valence electrons. The number of hydrogen-bond donors (Lipinski definition) is 1. The molecule has 11 nitrogen and oxygen atoms in total. The van der Waals surface area contributed by atoms with E-state index in [-0.39, 0.29) is 23.2 Å². The maximum Gasteiger partial charge on any atom is 0.318 e. The van der Waals surface area contributed by atoms with Gasteiger partial charge >= 0.3 is 5.69 Å². The third kappa shape index (κ3) is 5.70. The largest absolute Gasteiger partial charge is 0.493 e. The lowest BCUT2D eigenvalue weighted by Gasteiger charge is -2.11. The molecule has 3 aromatic rings. The summed E-state index contributed by atoms with van der Waals surface area (Å²) >= 11 is 4.56. The van der Waals surface area contributed by atoms with Crippen molar-refractivity contribution in [1.82, 2.24) is 5.32 Å². The highest BCUT2D eigenvalue weighted by Crippen LogP contribution is 2.39. The molecule has 4 rings (SSSR count). The minimum Gasteiger partial charge on any atom is -0.493 e. The smallest absolute Gasteiger partial charge is 0.318 e. The van der Waals surface area contributed by atoms with E-state index < -0.39 is 21.2 Å². The average Bonchev–Trinajstić information content (AvgIpc) is 3.18. The number of aliphatic imine (C=N–C) groups is 1. The normalized spacial score (nSPS) is 15.1. The van der Waals surface area contributed by atoms with Gasteiger partial charge in [-0.25, -0.2) is 4.99 Å². The van der Waals surface area contributed by atoms with Gasteiger partial charge in [-0.2, -0.15) is 0 Å². The Labute approximate surface area is 216 Å². The van der Waals surface area contributed by atoms with Gasteiger partial charge in [0.2, 0.25) is 5.75 Å². The Morgan fingerprint density at radius 3 is 2.47 bits per heavy atom. The molecule has 0 atom stereocenters. The highest BCUT2D eigenvalue weighted by Gasteiger charge is 2.25. The van der Waals surface area contributed by atoms with Crippen LogP contribution in [0.4, 0.5) is 17.1 Å². The number of non-ortho nitro benzene ring substituents is 1. The number of nitro groups is 2. The van der Waals surface area contributed by atoms with Crippen LogP contribution >= 0.6 is 27.7 Å². The standard InChI is InChI=1S/C23H15BrN4O7S/c1-34-20-9-13(10-21-22(29)26-23(36-21)25-15-4-2-3-14(24)11-15)5-7-19(20)35-18-8-6-16(27(30)31)12-17(18)28(32)33/h2-12H,1H3,(H,25,26,29). The molecular formula is C23H15BrN4O7S. The molecular weight excluding hydrogens is 556 g/mol. The first-order valence-electron chi connectivity index (χ1n) is 10.1. The van der Waals surface area contributed by atoms with Gasteiger partial charge in [0.1, 0.15) is 0 Å². The highest BCUT2D eigenvalue weighted by molar-refractivity contribution is 9.10. The van der Waals surface area contributed by atoms with Crippen molar-refractivity contribution in [3.05, 3.63) is 95.8 Å². The van der Waals surface area contributed by atoms with E-state index in [2.05, 4.69) is 26.2 Å². The third-order valence-electron chi connectivity index (χ3n) is 4.75. The van der Waals surface area contributed by atoms with Gasteiger partial charge in [-0.15, -0.1) is 0 Å². The second-order valence-electron chi connectivity index (χ2n) is 7.14. The lowest BCUT2D eigenvalue weighted by molar-refractivity contribution is -0.394. The van der Waals surface area contributed by atoms with Gasteiger partial charge in [-0.05, 0) is 59.8 Å². The summed E-state index contributed by atoms with van der Waals surface area (Å²) in [6.45, 7) is 0. The molecule has 1 amide bonds. The molecule has 1 aliphatic heterocycles. The molecule has 0 spiro atoms. The summed E-state index contributed by atoms with van der Waals surface area (Å²) in [5.74, 6) is -0.107. The maximum absolute atomic E-state index is 12.4. The minimum atomic E-state index is -0.767. The van der Waals surface area contributed by atoms with Gasteiger partial charge in [-0.3, -0.25) is 25.0 Å². The molecule has 13 heteroatoms. The Kier molecular flexibility index (Phi) is 7.31. The van der Waals surface area contributed by atoms with Crippen LogP contribution in [0.5, 0.6) is 17.2 Å². The van der Waals surface area contributed by atoms with Crippen LogP contribution < -0.4 is 14.8 Å². The molecule has 0 saturated carbocycles. The summed E-state index contributed by atoms with van der Waals surface area (Å²) in [4.78, 5) is 38.1. The summed E-state index contributed by atoms with van der Waals surface area (Å²) in [6.07, 6.45) is 1.64. The summed E-state index contributed by atoms with van der Waals surface area (Å²) < 4.78 is 11.9. The quantitative estimate of drug-likeness (QED) is 0.208. The number of carbonyl (C=O) groups excluding carboxylic acids is 1. The van der Waals surface area contributed by atoms with Crippen molar-refractivity contribution in [2.24, 2.45) is 4.99 Å². The fourth-order valence-corrected chi connectivity index (χ4v) is 4.35. The molecule has 1 heterocycles. The fraction of sp³-hybridized carbons (Fsp3) is 0.0435. The highest BCUT2D eigenvalue weighted by atomic mass is 79.9. The van der Waals surface area contributed by atoms with Gasteiger partial charge in [0, 0.05) is 10.5 Å². The molecule has 3 aromatic carbocycles. The van der Waals surface area contributed by atoms with E-state index in [1.807, 2.05) is 24.3 Å². The molecule has 1 aliphatic rings. The summed E-state index contributed by atoms with van der Waals surface area (Å²) in [7, 11) is 1.39. The van der Waals surface area contributed by atoms with Crippen LogP contribution in [0.3, 0.4) is 0 Å². The fourth-order valence-electron chi connectivity index (χ4n) is 3.12. The lowest BCUT2D eigenvalue weighted by Crippen LogP contribution is -2.19. The number of carbonyl (C=O) groups is 1. The zero-order chi connectivity index (χ0) is 25.8.